The first-order chi connectivity index (χ1) is 18.8. The summed E-state index contributed by atoms with van der Waals surface area (Å²) < 4.78 is 0. The number of para-hydroxylation sites is 4. The molecule has 2 heterocycles. The van der Waals surface area contributed by atoms with Gasteiger partial charge in [-0.3, -0.25) is 9.98 Å². The number of hydrogen-bond donors (Lipinski definition) is 4. The number of anilines is 4. The highest BCUT2D eigenvalue weighted by Gasteiger charge is 2.14. The third-order valence-corrected chi connectivity index (χ3v) is 7.05. The molecule has 2 aliphatic heterocycles. The molecule has 0 unspecified atom stereocenters. The van der Waals surface area contributed by atoms with Crippen molar-refractivity contribution in [2.45, 2.75) is 25.7 Å². The maximum absolute atomic E-state index is 4.91. The Morgan fingerprint density at radius 1 is 0.368 bits per heavy atom. The SMILES string of the molecule is c1ccc2c(c1)CCc1ccccc1NC1=NCCN=C(N2)Nc2ccccc2CCc2ccccc2N1. The highest BCUT2D eigenvalue weighted by atomic mass is 15.2. The van der Waals surface area contributed by atoms with E-state index in [1.165, 1.54) is 22.3 Å². The van der Waals surface area contributed by atoms with Crippen LogP contribution in [0.3, 0.4) is 0 Å². The van der Waals surface area contributed by atoms with E-state index >= 15 is 0 Å². The molecule has 38 heavy (non-hydrogen) atoms. The van der Waals surface area contributed by atoms with Gasteiger partial charge in [0, 0.05) is 22.7 Å². The summed E-state index contributed by atoms with van der Waals surface area (Å²) in [7, 11) is 0. The van der Waals surface area contributed by atoms with E-state index in [1.54, 1.807) is 0 Å². The molecule has 0 saturated heterocycles. The molecule has 0 radical (unpaired) electrons. The molecule has 4 N–H and O–H groups in total. The zero-order chi connectivity index (χ0) is 25.6. The van der Waals surface area contributed by atoms with Crippen LogP contribution in [-0.4, -0.2) is 25.0 Å². The summed E-state index contributed by atoms with van der Waals surface area (Å²) in [5.74, 6) is 1.47. The second-order valence-electron chi connectivity index (χ2n) is 9.59. The van der Waals surface area contributed by atoms with Gasteiger partial charge < -0.3 is 21.3 Å². The van der Waals surface area contributed by atoms with E-state index in [2.05, 4.69) is 118 Å². The predicted octanol–water partition coefficient (Wildman–Crippen LogP) is 6.34. The average Bonchev–Trinajstić information content (AvgIpc) is 2.95. The van der Waals surface area contributed by atoms with Crippen molar-refractivity contribution in [3.8, 4) is 0 Å². The average molecular weight is 501 g/mol. The van der Waals surface area contributed by atoms with Crippen molar-refractivity contribution in [2.75, 3.05) is 34.4 Å². The molecule has 6 nitrogen and oxygen atoms in total. The van der Waals surface area contributed by atoms with Crippen molar-refractivity contribution in [1.29, 1.82) is 0 Å². The molecule has 0 saturated carbocycles. The van der Waals surface area contributed by atoms with Gasteiger partial charge in [-0.25, -0.2) is 0 Å². The lowest BCUT2D eigenvalue weighted by atomic mass is 10.0. The van der Waals surface area contributed by atoms with E-state index in [0.29, 0.717) is 13.1 Å². The Kier molecular flexibility index (Phi) is 7.02. The molecule has 4 aromatic carbocycles. The maximum Gasteiger partial charge on any atom is 0.200 e. The van der Waals surface area contributed by atoms with Crippen LogP contribution < -0.4 is 21.3 Å². The molecule has 0 atom stereocenters. The lowest BCUT2D eigenvalue weighted by Crippen LogP contribution is -2.26. The molecular formula is C32H32N6. The lowest BCUT2D eigenvalue weighted by molar-refractivity contribution is 0.950. The fourth-order valence-corrected chi connectivity index (χ4v) is 5.03. The minimum absolute atomic E-state index is 0.538. The molecular weight excluding hydrogens is 468 g/mol. The van der Waals surface area contributed by atoms with E-state index in [0.717, 1.165) is 60.4 Å². The Hall–Kier alpha value is -4.58. The quantitative estimate of drug-likeness (QED) is 0.227. The Morgan fingerprint density at radius 2 is 0.632 bits per heavy atom. The monoisotopic (exact) mass is 500 g/mol. The minimum atomic E-state index is 0.538. The predicted molar refractivity (Wildman–Crippen MR) is 160 cm³/mol. The number of guanidine groups is 2. The van der Waals surface area contributed by atoms with Crippen LogP contribution in [0.1, 0.15) is 22.3 Å². The van der Waals surface area contributed by atoms with E-state index in [-0.39, 0.29) is 0 Å². The molecule has 6 heteroatoms. The van der Waals surface area contributed by atoms with Crippen molar-refractivity contribution in [2.24, 2.45) is 9.98 Å². The Balaban J connectivity index is 1.46. The molecule has 0 amide bonds. The highest BCUT2D eigenvalue weighted by molar-refractivity contribution is 6.05. The summed E-state index contributed by atoms with van der Waals surface area (Å²) in [5, 5.41) is 14.4. The normalized spacial score (nSPS) is 15.4. The van der Waals surface area contributed by atoms with Crippen LogP contribution in [0.15, 0.2) is 107 Å². The van der Waals surface area contributed by atoms with Crippen molar-refractivity contribution < 1.29 is 0 Å². The van der Waals surface area contributed by atoms with Crippen molar-refractivity contribution in [3.63, 3.8) is 0 Å². The largest absolute Gasteiger partial charge is 0.326 e. The fourth-order valence-electron chi connectivity index (χ4n) is 5.03. The van der Waals surface area contributed by atoms with Crippen molar-refractivity contribution >= 4 is 34.7 Å². The molecule has 2 aliphatic rings. The van der Waals surface area contributed by atoms with Crippen LogP contribution in [0, 0.1) is 0 Å². The fraction of sp³-hybridized carbons (Fsp3) is 0.188. The summed E-state index contributed by atoms with van der Waals surface area (Å²) in [6.45, 7) is 1.08. The zero-order valence-corrected chi connectivity index (χ0v) is 21.4. The first-order valence-corrected chi connectivity index (χ1v) is 13.3. The molecule has 4 aromatic rings. The Labute approximate surface area is 224 Å². The second kappa shape index (κ2) is 11.2. The topological polar surface area (TPSA) is 72.8 Å². The van der Waals surface area contributed by atoms with Gasteiger partial charge in [-0.2, -0.15) is 0 Å². The Bertz CT molecular complexity index is 1270. The molecule has 190 valence electrons. The van der Waals surface area contributed by atoms with Gasteiger partial charge in [0.25, 0.3) is 0 Å². The van der Waals surface area contributed by atoms with Crippen LogP contribution >= 0.6 is 0 Å². The lowest BCUT2D eigenvalue weighted by Gasteiger charge is -2.21. The highest BCUT2D eigenvalue weighted by Crippen LogP contribution is 2.25. The van der Waals surface area contributed by atoms with Gasteiger partial charge >= 0.3 is 0 Å². The first-order valence-electron chi connectivity index (χ1n) is 13.3. The van der Waals surface area contributed by atoms with E-state index in [1.807, 2.05) is 0 Å². The summed E-state index contributed by atoms with van der Waals surface area (Å²) >= 11 is 0. The van der Waals surface area contributed by atoms with Gasteiger partial charge in [0.1, 0.15) is 0 Å². The van der Waals surface area contributed by atoms with Gasteiger partial charge in [-0.1, -0.05) is 72.8 Å². The molecule has 2 bridgehead atoms. The number of benzene rings is 4. The van der Waals surface area contributed by atoms with Crippen LogP contribution in [-0.2, 0) is 25.7 Å². The van der Waals surface area contributed by atoms with Crippen LogP contribution in [0.5, 0.6) is 0 Å². The van der Waals surface area contributed by atoms with E-state index in [4.69, 9.17) is 9.98 Å². The van der Waals surface area contributed by atoms with Gasteiger partial charge in [-0.05, 0) is 72.2 Å². The van der Waals surface area contributed by atoms with Crippen LogP contribution in [0.4, 0.5) is 22.7 Å². The second-order valence-corrected chi connectivity index (χ2v) is 9.59. The van der Waals surface area contributed by atoms with Crippen molar-refractivity contribution in [3.05, 3.63) is 119 Å². The number of hydrogen-bond acceptors (Lipinski definition) is 6. The zero-order valence-electron chi connectivity index (χ0n) is 21.4. The standard InChI is InChI=1S/C32H32N6/c1-5-13-27-23(9-1)17-18-24-10-2-6-14-28(24)37-32-34-22-21-33-31(35-27)36-29-15-7-3-11-25(29)19-20-26-12-4-8-16-30(26)38-32/h1-16H,17-22H2,(H2,33,35,36)(H2,34,37,38). The summed E-state index contributed by atoms with van der Waals surface area (Å²) in [6, 6.07) is 34.0. The van der Waals surface area contributed by atoms with E-state index < -0.39 is 0 Å². The third kappa shape index (κ3) is 5.54. The number of nitrogens with one attached hydrogen (secondary N) is 4. The number of nitrogens with zero attached hydrogens (tertiary/aromatic N) is 2. The Morgan fingerprint density at radius 3 is 0.921 bits per heavy atom. The van der Waals surface area contributed by atoms with Gasteiger partial charge in [-0.15, -0.1) is 0 Å². The van der Waals surface area contributed by atoms with Gasteiger partial charge in [0.15, 0.2) is 11.9 Å². The number of aliphatic imine (C=N–C) groups is 2. The van der Waals surface area contributed by atoms with Gasteiger partial charge in [0.05, 0.1) is 13.1 Å². The van der Waals surface area contributed by atoms with Crippen LogP contribution in [0.25, 0.3) is 0 Å². The maximum atomic E-state index is 4.91. The third-order valence-electron chi connectivity index (χ3n) is 7.05. The molecule has 0 spiro atoms. The van der Waals surface area contributed by atoms with Crippen molar-refractivity contribution in [1.82, 2.24) is 0 Å². The van der Waals surface area contributed by atoms with Crippen LogP contribution in [0.2, 0.25) is 0 Å². The summed E-state index contributed by atoms with van der Waals surface area (Å²) in [6.07, 6.45) is 3.59. The molecule has 6 rings (SSSR count). The first kappa shape index (κ1) is 23.8. The minimum Gasteiger partial charge on any atom is -0.326 e. The number of fused-ring (bicyclic) bond motifs is 7. The molecule has 0 aliphatic carbocycles. The number of aryl methyl sites for hydroxylation is 4. The summed E-state index contributed by atoms with van der Waals surface area (Å²) in [5.41, 5.74) is 9.29. The molecule has 0 fully saturated rings. The summed E-state index contributed by atoms with van der Waals surface area (Å²) in [4.78, 5) is 9.83. The number of rotatable bonds is 0. The van der Waals surface area contributed by atoms with E-state index in [9.17, 15) is 0 Å². The molecule has 0 aromatic heterocycles. The smallest absolute Gasteiger partial charge is 0.200 e. The van der Waals surface area contributed by atoms with Gasteiger partial charge in [0.2, 0.25) is 0 Å².